The molecule has 0 unspecified atom stereocenters. The fourth-order valence-corrected chi connectivity index (χ4v) is 5.10. The van der Waals surface area contributed by atoms with Gasteiger partial charge in [-0.15, -0.1) is 0 Å². The summed E-state index contributed by atoms with van der Waals surface area (Å²) in [4.78, 5) is 43.8. The normalized spacial score (nSPS) is 22.6. The Hall–Kier alpha value is -3.55. The highest BCUT2D eigenvalue weighted by molar-refractivity contribution is 5.94. The average Bonchev–Trinajstić information content (AvgIpc) is 3.55. The Morgan fingerprint density at radius 3 is 2.67 bits per heavy atom. The van der Waals surface area contributed by atoms with Crippen molar-refractivity contribution < 1.29 is 9.59 Å². The van der Waals surface area contributed by atoms with Crippen LogP contribution in [0.3, 0.4) is 0 Å². The van der Waals surface area contributed by atoms with E-state index < -0.39 is 5.41 Å². The lowest BCUT2D eigenvalue weighted by molar-refractivity contribution is -0.136. The van der Waals surface area contributed by atoms with Crippen molar-refractivity contribution in [3.05, 3.63) is 78.4 Å². The number of amides is 2. The highest BCUT2D eigenvalue weighted by Gasteiger charge is 2.58. The Balaban J connectivity index is 1.47. The highest BCUT2D eigenvalue weighted by atomic mass is 16.2. The second-order valence-corrected chi connectivity index (χ2v) is 9.28. The van der Waals surface area contributed by atoms with Gasteiger partial charge in [-0.1, -0.05) is 6.07 Å². The first-order valence-corrected chi connectivity index (χ1v) is 11.4. The van der Waals surface area contributed by atoms with E-state index in [1.807, 2.05) is 35.6 Å². The number of pyridine rings is 2. The van der Waals surface area contributed by atoms with Gasteiger partial charge in [0, 0.05) is 62.9 Å². The van der Waals surface area contributed by atoms with E-state index in [0.29, 0.717) is 38.3 Å². The summed E-state index contributed by atoms with van der Waals surface area (Å²) in [6.07, 6.45) is 9.67. The van der Waals surface area contributed by atoms with Crippen molar-refractivity contribution in [2.45, 2.75) is 38.8 Å². The molecule has 0 saturated carbocycles. The third-order valence-corrected chi connectivity index (χ3v) is 6.95. The first-order valence-electron chi connectivity index (χ1n) is 11.4. The Morgan fingerprint density at radius 1 is 1.15 bits per heavy atom. The van der Waals surface area contributed by atoms with E-state index >= 15 is 0 Å². The molecule has 0 N–H and O–H groups in total. The average molecular weight is 445 g/mol. The molecule has 2 aliphatic rings. The van der Waals surface area contributed by atoms with Gasteiger partial charge in [0.15, 0.2) is 0 Å². The van der Waals surface area contributed by atoms with Gasteiger partial charge in [0.25, 0.3) is 5.91 Å². The van der Waals surface area contributed by atoms with Crippen LogP contribution in [-0.4, -0.2) is 60.8 Å². The number of hydrogen-bond donors (Lipinski definition) is 0. The van der Waals surface area contributed by atoms with Crippen molar-refractivity contribution in [1.29, 1.82) is 0 Å². The van der Waals surface area contributed by atoms with E-state index in [2.05, 4.69) is 33.4 Å². The largest absolute Gasteiger partial charge is 0.338 e. The molecule has 3 aromatic rings. The van der Waals surface area contributed by atoms with Crippen LogP contribution in [0.15, 0.2) is 61.4 Å². The summed E-state index contributed by atoms with van der Waals surface area (Å²) in [6.45, 7) is 6.25. The zero-order valence-electron chi connectivity index (χ0n) is 19.0. The number of aromatic nitrogens is 4. The van der Waals surface area contributed by atoms with Crippen LogP contribution in [0.1, 0.15) is 54.0 Å². The molecule has 2 fully saturated rings. The number of carbonyl (C=O) groups excluding carboxylic acids is 2. The van der Waals surface area contributed by atoms with Crippen LogP contribution in [0.4, 0.5) is 0 Å². The lowest BCUT2D eigenvalue weighted by Crippen LogP contribution is -2.40. The second-order valence-electron chi connectivity index (χ2n) is 9.28. The number of rotatable bonds is 5. The van der Waals surface area contributed by atoms with E-state index in [4.69, 9.17) is 0 Å². The second kappa shape index (κ2) is 8.42. The molecular formula is C25H28N6O2. The summed E-state index contributed by atoms with van der Waals surface area (Å²) < 4.78 is 2.06. The van der Waals surface area contributed by atoms with Crippen LogP contribution >= 0.6 is 0 Å². The van der Waals surface area contributed by atoms with Gasteiger partial charge in [-0.25, -0.2) is 4.98 Å². The summed E-state index contributed by atoms with van der Waals surface area (Å²) >= 11 is 0. The van der Waals surface area contributed by atoms with Gasteiger partial charge in [-0.2, -0.15) is 0 Å². The van der Waals surface area contributed by atoms with E-state index in [1.54, 1.807) is 35.6 Å². The summed E-state index contributed by atoms with van der Waals surface area (Å²) in [5.41, 5.74) is 1.66. The Kier molecular flexibility index (Phi) is 5.44. The molecule has 8 nitrogen and oxygen atoms in total. The fourth-order valence-electron chi connectivity index (χ4n) is 5.10. The zero-order chi connectivity index (χ0) is 23.0. The predicted octanol–water partition coefficient (Wildman–Crippen LogP) is 2.91. The first kappa shape index (κ1) is 21.3. The van der Waals surface area contributed by atoms with Gasteiger partial charge in [-0.05, 0) is 50.1 Å². The van der Waals surface area contributed by atoms with Crippen LogP contribution in [0.5, 0.6) is 0 Å². The van der Waals surface area contributed by atoms with Gasteiger partial charge in [0.2, 0.25) is 5.91 Å². The van der Waals surface area contributed by atoms with Gasteiger partial charge >= 0.3 is 0 Å². The molecule has 0 bridgehead atoms. The van der Waals surface area contributed by atoms with E-state index in [0.717, 1.165) is 11.3 Å². The lowest BCUT2D eigenvalue weighted by atomic mass is 9.75. The third kappa shape index (κ3) is 3.79. The van der Waals surface area contributed by atoms with Crippen LogP contribution in [0.25, 0.3) is 0 Å². The zero-order valence-corrected chi connectivity index (χ0v) is 19.0. The monoisotopic (exact) mass is 444 g/mol. The van der Waals surface area contributed by atoms with Gasteiger partial charge in [-0.3, -0.25) is 19.6 Å². The molecule has 3 aromatic heterocycles. The van der Waals surface area contributed by atoms with Crippen molar-refractivity contribution in [3.63, 3.8) is 0 Å². The van der Waals surface area contributed by atoms with E-state index in [1.165, 1.54) is 0 Å². The smallest absolute Gasteiger partial charge is 0.272 e. The maximum absolute atomic E-state index is 13.9. The lowest BCUT2D eigenvalue weighted by Gasteiger charge is -2.27. The quantitative estimate of drug-likeness (QED) is 0.604. The van der Waals surface area contributed by atoms with Crippen molar-refractivity contribution >= 4 is 11.8 Å². The van der Waals surface area contributed by atoms with Crippen LogP contribution in [0.2, 0.25) is 0 Å². The summed E-state index contributed by atoms with van der Waals surface area (Å²) in [5, 5.41) is 0. The molecule has 0 aromatic carbocycles. The first-order chi connectivity index (χ1) is 16.0. The van der Waals surface area contributed by atoms with Crippen LogP contribution in [0, 0.1) is 5.41 Å². The molecule has 5 rings (SSSR count). The Bertz CT molecular complexity index is 1150. The number of nitrogens with zero attached hydrogens (tertiary/aromatic N) is 6. The van der Waals surface area contributed by atoms with Gasteiger partial charge in [0.1, 0.15) is 5.69 Å². The minimum atomic E-state index is -0.673. The van der Waals surface area contributed by atoms with Gasteiger partial charge < -0.3 is 14.4 Å². The molecule has 5 heterocycles. The number of hydrogen-bond acceptors (Lipinski definition) is 5. The molecule has 170 valence electrons. The molecule has 0 radical (unpaired) electrons. The minimum Gasteiger partial charge on any atom is -0.338 e. The predicted molar refractivity (Wildman–Crippen MR) is 122 cm³/mol. The molecule has 2 atom stereocenters. The van der Waals surface area contributed by atoms with Crippen molar-refractivity contribution in [2.75, 3.05) is 19.6 Å². The van der Waals surface area contributed by atoms with Crippen molar-refractivity contribution in [1.82, 2.24) is 29.3 Å². The highest BCUT2D eigenvalue weighted by Crippen LogP contribution is 2.50. The summed E-state index contributed by atoms with van der Waals surface area (Å²) in [7, 11) is 0. The topological polar surface area (TPSA) is 84.2 Å². The number of likely N-dealkylation sites (tertiary alicyclic amines) is 2. The van der Waals surface area contributed by atoms with E-state index in [-0.39, 0.29) is 23.8 Å². The van der Waals surface area contributed by atoms with Crippen LogP contribution in [-0.2, 0) is 11.3 Å². The SMILES string of the molecule is CC(C)n1cnc([C@@H]2CN(C(=O)c3ccccn3)C[C@@]23CCN(Cc2ccncc2)C3=O)c1. The molecule has 8 heteroatoms. The molecule has 2 aliphatic heterocycles. The van der Waals surface area contributed by atoms with Crippen molar-refractivity contribution in [3.8, 4) is 0 Å². The fraction of sp³-hybridized carbons (Fsp3) is 0.400. The molecular weight excluding hydrogens is 416 g/mol. The number of carbonyl (C=O) groups is 2. The maximum Gasteiger partial charge on any atom is 0.272 e. The maximum atomic E-state index is 13.9. The molecule has 0 aliphatic carbocycles. The number of imidazole rings is 1. The minimum absolute atomic E-state index is 0.0970. The van der Waals surface area contributed by atoms with Gasteiger partial charge in [0.05, 0.1) is 17.4 Å². The molecule has 2 saturated heterocycles. The third-order valence-electron chi connectivity index (χ3n) is 6.95. The standard InChI is InChI=1S/C25H28N6O2/c1-18(2)31-15-22(28-17-31)20-14-30(23(32)21-5-3-4-9-27-21)16-25(20)8-12-29(24(25)33)13-19-6-10-26-11-7-19/h3-7,9-11,15,17-18,20H,8,12-14,16H2,1-2H3/t20-,25-/m0/s1. The Morgan fingerprint density at radius 2 is 1.97 bits per heavy atom. The van der Waals surface area contributed by atoms with E-state index in [9.17, 15) is 9.59 Å². The molecule has 33 heavy (non-hydrogen) atoms. The Labute approximate surface area is 193 Å². The molecule has 2 amide bonds. The summed E-state index contributed by atoms with van der Waals surface area (Å²) in [5.74, 6) is -0.194. The van der Waals surface area contributed by atoms with Crippen molar-refractivity contribution in [2.24, 2.45) is 5.41 Å². The van der Waals surface area contributed by atoms with Crippen LogP contribution < -0.4 is 0 Å². The molecule has 1 spiro atoms. The summed E-state index contributed by atoms with van der Waals surface area (Å²) in [6, 6.07) is 9.48.